The summed E-state index contributed by atoms with van der Waals surface area (Å²) in [5, 5.41) is 5.53. The van der Waals surface area contributed by atoms with Crippen LogP contribution in [-0.2, 0) is 19.1 Å². The number of ether oxygens (including phenoxy) is 2. The highest BCUT2D eigenvalue weighted by atomic mass is 16.5. The molecule has 1 rings (SSSR count). The van der Waals surface area contributed by atoms with E-state index in [0.717, 1.165) is 17.7 Å². The third-order valence-electron chi connectivity index (χ3n) is 3.13. The molecule has 0 radical (unpaired) electrons. The lowest BCUT2D eigenvalue weighted by Gasteiger charge is -2.19. The van der Waals surface area contributed by atoms with Gasteiger partial charge in [-0.2, -0.15) is 0 Å². The maximum atomic E-state index is 12.0. The highest BCUT2D eigenvalue weighted by Crippen LogP contribution is 2.13. The predicted octanol–water partition coefficient (Wildman–Crippen LogP) is 1.96. The first kappa shape index (κ1) is 20.2. The van der Waals surface area contributed by atoms with E-state index in [9.17, 15) is 14.4 Å². The lowest BCUT2D eigenvalue weighted by Crippen LogP contribution is -2.41. The molecule has 0 aliphatic heterocycles. The van der Waals surface area contributed by atoms with Crippen molar-refractivity contribution in [2.75, 3.05) is 20.3 Å². The van der Waals surface area contributed by atoms with Crippen molar-refractivity contribution in [2.45, 2.75) is 19.9 Å². The number of hydrogen-bond acceptors (Lipinski definition) is 5. The lowest BCUT2D eigenvalue weighted by molar-refractivity contribution is -0.139. The molecular weight excluding hydrogens is 324 g/mol. The summed E-state index contributed by atoms with van der Waals surface area (Å²) in [6.45, 7) is 4.45. The number of benzene rings is 1. The van der Waals surface area contributed by atoms with Gasteiger partial charge < -0.3 is 20.1 Å². The molecule has 2 amide bonds. The Morgan fingerprint density at radius 2 is 1.72 bits per heavy atom. The van der Waals surface area contributed by atoms with Gasteiger partial charge in [0.1, 0.15) is 6.61 Å². The number of esters is 2. The average Bonchev–Trinajstić information content (AvgIpc) is 2.61. The number of carbonyl (C=O) groups excluding carboxylic acids is 3. The number of hydrogen-bond donors (Lipinski definition) is 2. The lowest BCUT2D eigenvalue weighted by atomic mass is 10.1. The molecule has 0 saturated heterocycles. The van der Waals surface area contributed by atoms with Gasteiger partial charge in [0.05, 0.1) is 13.2 Å². The fourth-order valence-electron chi connectivity index (χ4n) is 1.83. The van der Waals surface area contributed by atoms with Gasteiger partial charge in [-0.3, -0.25) is 0 Å². The molecule has 136 valence electrons. The monoisotopic (exact) mass is 348 g/mol. The molecule has 1 aromatic carbocycles. The van der Waals surface area contributed by atoms with Crippen molar-refractivity contribution in [3.05, 3.63) is 48.0 Å². The normalized spacial score (nSPS) is 11.8. The summed E-state index contributed by atoms with van der Waals surface area (Å²) in [5.41, 5.74) is 0.798. The van der Waals surface area contributed by atoms with Crippen LogP contribution < -0.4 is 10.6 Å². The van der Waals surface area contributed by atoms with Gasteiger partial charge in [0.15, 0.2) is 0 Å². The second kappa shape index (κ2) is 10.9. The summed E-state index contributed by atoms with van der Waals surface area (Å²) in [6.07, 6.45) is 1.95. The van der Waals surface area contributed by atoms with Gasteiger partial charge in [-0.25, -0.2) is 14.4 Å². The molecule has 0 fully saturated rings. The van der Waals surface area contributed by atoms with Crippen LogP contribution >= 0.6 is 0 Å². The molecule has 0 saturated carbocycles. The smallest absolute Gasteiger partial charge is 0.331 e. The van der Waals surface area contributed by atoms with Gasteiger partial charge in [-0.15, -0.1) is 0 Å². The van der Waals surface area contributed by atoms with Gasteiger partial charge in [-0.05, 0) is 11.5 Å². The van der Waals surface area contributed by atoms with Crippen LogP contribution in [0, 0.1) is 5.92 Å². The van der Waals surface area contributed by atoms with Gasteiger partial charge in [0, 0.05) is 18.7 Å². The van der Waals surface area contributed by atoms with Crippen LogP contribution in [0.3, 0.4) is 0 Å². The van der Waals surface area contributed by atoms with Crippen molar-refractivity contribution in [1.82, 2.24) is 10.6 Å². The third-order valence-corrected chi connectivity index (χ3v) is 3.13. The predicted molar refractivity (Wildman–Crippen MR) is 92.7 cm³/mol. The van der Waals surface area contributed by atoms with Gasteiger partial charge in [-0.1, -0.05) is 44.2 Å². The molecule has 0 unspecified atom stereocenters. The number of urea groups is 1. The zero-order valence-corrected chi connectivity index (χ0v) is 14.7. The van der Waals surface area contributed by atoms with E-state index in [1.165, 1.54) is 7.11 Å². The Bertz CT molecular complexity index is 599. The van der Waals surface area contributed by atoms with E-state index >= 15 is 0 Å². The fraction of sp³-hybridized carbons (Fsp3) is 0.389. The van der Waals surface area contributed by atoms with E-state index in [1.54, 1.807) is 0 Å². The Kier molecular flexibility index (Phi) is 8.78. The fourth-order valence-corrected chi connectivity index (χ4v) is 1.83. The number of amides is 2. The molecule has 0 aliphatic rings. The molecule has 2 N–H and O–H groups in total. The van der Waals surface area contributed by atoms with E-state index in [2.05, 4.69) is 15.4 Å². The maximum Gasteiger partial charge on any atom is 0.331 e. The first-order valence-electron chi connectivity index (χ1n) is 7.94. The second-order valence-electron chi connectivity index (χ2n) is 5.70. The van der Waals surface area contributed by atoms with Crippen molar-refractivity contribution in [2.24, 2.45) is 5.92 Å². The zero-order chi connectivity index (χ0) is 18.7. The summed E-state index contributed by atoms with van der Waals surface area (Å²) in [5.74, 6) is -1.03. The Morgan fingerprint density at radius 1 is 1.08 bits per heavy atom. The highest BCUT2D eigenvalue weighted by molar-refractivity contribution is 5.91. The number of methoxy groups -OCH3 is 1. The van der Waals surface area contributed by atoms with Crippen molar-refractivity contribution in [1.29, 1.82) is 0 Å². The molecule has 7 nitrogen and oxygen atoms in total. The molecule has 0 spiro atoms. The molecule has 0 aromatic heterocycles. The number of carbonyl (C=O) groups is 3. The van der Waals surface area contributed by atoms with E-state index in [1.807, 2.05) is 44.2 Å². The van der Waals surface area contributed by atoms with E-state index in [-0.39, 0.29) is 12.6 Å². The maximum absolute atomic E-state index is 12.0. The largest absolute Gasteiger partial charge is 0.466 e. The SMILES string of the molecule is COC(=O)/C=C/C(=O)OC[C@@H](NC(=O)NCC(C)C)c1ccccc1. The van der Waals surface area contributed by atoms with Gasteiger partial charge in [0.25, 0.3) is 0 Å². The van der Waals surface area contributed by atoms with Crippen LogP contribution in [0.4, 0.5) is 4.79 Å². The van der Waals surface area contributed by atoms with Crippen LogP contribution in [0.15, 0.2) is 42.5 Å². The van der Waals surface area contributed by atoms with Crippen LogP contribution in [0.25, 0.3) is 0 Å². The molecule has 1 aromatic rings. The number of nitrogens with one attached hydrogen (secondary N) is 2. The van der Waals surface area contributed by atoms with Crippen LogP contribution in [-0.4, -0.2) is 38.2 Å². The van der Waals surface area contributed by atoms with Crippen LogP contribution in [0.5, 0.6) is 0 Å². The minimum atomic E-state index is -0.698. The van der Waals surface area contributed by atoms with Crippen LogP contribution in [0.2, 0.25) is 0 Å². The topological polar surface area (TPSA) is 93.7 Å². The van der Waals surface area contributed by atoms with Crippen molar-refractivity contribution in [3.8, 4) is 0 Å². The molecule has 7 heteroatoms. The average molecular weight is 348 g/mol. The van der Waals surface area contributed by atoms with Gasteiger partial charge >= 0.3 is 18.0 Å². The molecule has 25 heavy (non-hydrogen) atoms. The standard InChI is InChI=1S/C18H24N2O5/c1-13(2)11-19-18(23)20-15(14-7-5-4-6-8-14)12-25-17(22)10-9-16(21)24-3/h4-10,13,15H,11-12H2,1-3H3,(H2,19,20,23)/b10-9+/t15-/m1/s1. The quantitative estimate of drug-likeness (QED) is 0.553. The molecule has 1 atom stereocenters. The van der Waals surface area contributed by atoms with Gasteiger partial charge in [0.2, 0.25) is 0 Å². The summed E-state index contributed by atoms with van der Waals surface area (Å²) in [7, 11) is 1.21. The van der Waals surface area contributed by atoms with Crippen molar-refractivity contribution < 1.29 is 23.9 Å². The number of rotatable bonds is 8. The minimum absolute atomic E-state index is 0.0660. The summed E-state index contributed by atoms with van der Waals surface area (Å²) >= 11 is 0. The van der Waals surface area contributed by atoms with E-state index in [0.29, 0.717) is 12.5 Å². The Hall–Kier alpha value is -2.83. The summed E-state index contributed by atoms with van der Waals surface area (Å²) in [6, 6.07) is 8.30. The zero-order valence-electron chi connectivity index (χ0n) is 14.7. The van der Waals surface area contributed by atoms with E-state index < -0.39 is 18.0 Å². The van der Waals surface area contributed by atoms with Crippen molar-refractivity contribution >= 4 is 18.0 Å². The Balaban J connectivity index is 2.66. The molecular formula is C18H24N2O5. The third kappa shape index (κ3) is 8.55. The molecule has 0 bridgehead atoms. The summed E-state index contributed by atoms with van der Waals surface area (Å²) < 4.78 is 9.50. The van der Waals surface area contributed by atoms with Crippen molar-refractivity contribution in [3.63, 3.8) is 0 Å². The molecule has 0 heterocycles. The van der Waals surface area contributed by atoms with E-state index in [4.69, 9.17) is 4.74 Å². The highest BCUT2D eigenvalue weighted by Gasteiger charge is 2.16. The minimum Gasteiger partial charge on any atom is -0.466 e. The Morgan fingerprint density at radius 3 is 2.32 bits per heavy atom. The summed E-state index contributed by atoms with van der Waals surface area (Å²) in [4.78, 5) is 34.6. The van der Waals surface area contributed by atoms with Crippen LogP contribution in [0.1, 0.15) is 25.5 Å². The second-order valence-corrected chi connectivity index (χ2v) is 5.70. The first-order valence-corrected chi connectivity index (χ1v) is 7.94. The Labute approximate surface area is 147 Å². The molecule has 0 aliphatic carbocycles. The first-order chi connectivity index (χ1) is 11.9.